The molecule has 1 atom stereocenters. The minimum Gasteiger partial charge on any atom is -0.466 e. The van der Waals surface area contributed by atoms with Gasteiger partial charge in [-0.25, -0.2) is 9.59 Å². The van der Waals surface area contributed by atoms with E-state index in [4.69, 9.17) is 14.2 Å². The van der Waals surface area contributed by atoms with E-state index < -0.39 is 35.3 Å². The Kier molecular flexibility index (Phi) is 8.06. The van der Waals surface area contributed by atoms with E-state index in [1.165, 1.54) is 0 Å². The molecule has 0 fully saturated rings. The zero-order valence-electron chi connectivity index (χ0n) is 15.1. The van der Waals surface area contributed by atoms with Gasteiger partial charge < -0.3 is 19.5 Å². The van der Waals surface area contributed by atoms with Gasteiger partial charge in [-0.15, -0.1) is 0 Å². The molecule has 0 saturated carbocycles. The average Bonchev–Trinajstić information content (AvgIpc) is 2.30. The van der Waals surface area contributed by atoms with Gasteiger partial charge in [-0.05, 0) is 54.9 Å². The lowest BCUT2D eigenvalue weighted by Gasteiger charge is -2.26. The summed E-state index contributed by atoms with van der Waals surface area (Å²) in [5, 5.41) is 2.45. The molecule has 1 N–H and O–H groups in total. The molecule has 0 aliphatic carbocycles. The number of esters is 2. The predicted molar refractivity (Wildman–Crippen MR) is 84.9 cm³/mol. The fraction of sp³-hybridized carbons (Fsp3) is 0.812. The quantitative estimate of drug-likeness (QED) is 0.594. The van der Waals surface area contributed by atoms with Crippen molar-refractivity contribution in [3.05, 3.63) is 0 Å². The molecule has 134 valence electrons. The zero-order chi connectivity index (χ0) is 18.3. The Hall–Kier alpha value is -1.79. The standard InChI is InChI=1S/C16H29NO6/c1-8-21-12(18)10-9-11(13(19)22-15(2,3)4)17-14(20)23-16(5,6)7/h11H,8-10H2,1-7H3,(H,17,20). The highest BCUT2D eigenvalue weighted by Crippen LogP contribution is 2.12. The third kappa shape index (κ3) is 11.4. The lowest BCUT2D eigenvalue weighted by molar-refractivity contribution is -0.157. The summed E-state index contributed by atoms with van der Waals surface area (Å²) in [6, 6.07) is -0.978. The van der Waals surface area contributed by atoms with Crippen LogP contribution in [0, 0.1) is 0 Å². The van der Waals surface area contributed by atoms with Gasteiger partial charge in [0.05, 0.1) is 6.61 Å². The molecule has 0 bridgehead atoms. The SMILES string of the molecule is CCOC(=O)CCC(NC(=O)OC(C)(C)C)C(=O)OC(C)(C)C. The molecule has 0 saturated heterocycles. The Morgan fingerprint density at radius 3 is 1.91 bits per heavy atom. The van der Waals surface area contributed by atoms with Crippen molar-refractivity contribution in [3.63, 3.8) is 0 Å². The van der Waals surface area contributed by atoms with Crippen molar-refractivity contribution in [2.75, 3.05) is 6.61 Å². The number of carbonyl (C=O) groups excluding carboxylic acids is 3. The first-order chi connectivity index (χ1) is 10.3. The number of ether oxygens (including phenoxy) is 3. The van der Waals surface area contributed by atoms with Crippen LogP contribution in [0.25, 0.3) is 0 Å². The first kappa shape index (κ1) is 21.2. The Labute approximate surface area is 138 Å². The number of alkyl carbamates (subject to hydrolysis) is 1. The average molecular weight is 331 g/mol. The topological polar surface area (TPSA) is 90.9 Å². The Morgan fingerprint density at radius 2 is 1.48 bits per heavy atom. The minimum atomic E-state index is -0.978. The van der Waals surface area contributed by atoms with E-state index in [9.17, 15) is 14.4 Å². The Morgan fingerprint density at radius 1 is 0.957 bits per heavy atom. The van der Waals surface area contributed by atoms with Crippen LogP contribution in [0.4, 0.5) is 4.79 Å². The molecule has 7 nitrogen and oxygen atoms in total. The summed E-state index contributed by atoms with van der Waals surface area (Å²) in [6.45, 7) is 12.3. The summed E-state index contributed by atoms with van der Waals surface area (Å²) < 4.78 is 15.2. The highest BCUT2D eigenvalue weighted by atomic mass is 16.6. The molecule has 0 aliphatic heterocycles. The molecule has 0 aromatic carbocycles. The van der Waals surface area contributed by atoms with Gasteiger partial charge in [-0.2, -0.15) is 0 Å². The van der Waals surface area contributed by atoms with Crippen LogP contribution < -0.4 is 5.32 Å². The van der Waals surface area contributed by atoms with E-state index in [-0.39, 0.29) is 19.4 Å². The molecule has 0 aromatic heterocycles. The number of nitrogens with one attached hydrogen (secondary N) is 1. The van der Waals surface area contributed by atoms with Gasteiger partial charge in [-0.1, -0.05) is 0 Å². The van der Waals surface area contributed by atoms with Crippen LogP contribution in [0.2, 0.25) is 0 Å². The van der Waals surface area contributed by atoms with Crippen LogP contribution in [-0.2, 0) is 23.8 Å². The molecular formula is C16H29NO6. The predicted octanol–water partition coefficient (Wildman–Crippen LogP) is 2.56. The van der Waals surface area contributed by atoms with Crippen LogP contribution in [0.15, 0.2) is 0 Å². The first-order valence-corrected chi connectivity index (χ1v) is 7.72. The van der Waals surface area contributed by atoms with Gasteiger partial charge in [0.2, 0.25) is 0 Å². The van der Waals surface area contributed by atoms with Crippen LogP contribution in [0.1, 0.15) is 61.3 Å². The number of hydrogen-bond donors (Lipinski definition) is 1. The molecule has 23 heavy (non-hydrogen) atoms. The van der Waals surface area contributed by atoms with Gasteiger partial charge in [0, 0.05) is 6.42 Å². The fourth-order valence-electron chi connectivity index (χ4n) is 1.57. The van der Waals surface area contributed by atoms with E-state index in [2.05, 4.69) is 5.32 Å². The molecule has 0 spiro atoms. The molecule has 0 heterocycles. The summed E-state index contributed by atoms with van der Waals surface area (Å²) in [5.74, 6) is -1.06. The van der Waals surface area contributed by atoms with Crippen molar-refractivity contribution in [1.29, 1.82) is 0 Å². The largest absolute Gasteiger partial charge is 0.466 e. The molecule has 0 aliphatic rings. The smallest absolute Gasteiger partial charge is 0.408 e. The fourth-order valence-corrected chi connectivity index (χ4v) is 1.57. The van der Waals surface area contributed by atoms with Crippen molar-refractivity contribution in [2.45, 2.75) is 78.6 Å². The number of amides is 1. The number of rotatable bonds is 6. The highest BCUT2D eigenvalue weighted by Gasteiger charge is 2.29. The van der Waals surface area contributed by atoms with E-state index in [0.717, 1.165) is 0 Å². The first-order valence-electron chi connectivity index (χ1n) is 7.72. The van der Waals surface area contributed by atoms with Crippen molar-refractivity contribution < 1.29 is 28.6 Å². The monoisotopic (exact) mass is 331 g/mol. The summed E-state index contributed by atoms with van der Waals surface area (Å²) in [4.78, 5) is 35.5. The molecule has 0 rings (SSSR count). The van der Waals surface area contributed by atoms with Crippen LogP contribution >= 0.6 is 0 Å². The lowest BCUT2D eigenvalue weighted by Crippen LogP contribution is -2.46. The maximum absolute atomic E-state index is 12.2. The maximum atomic E-state index is 12.2. The van der Waals surface area contributed by atoms with Gasteiger partial charge in [0.25, 0.3) is 0 Å². The molecular weight excluding hydrogens is 302 g/mol. The highest BCUT2D eigenvalue weighted by molar-refractivity contribution is 5.82. The normalized spacial score (nSPS) is 13.0. The molecule has 1 amide bonds. The lowest BCUT2D eigenvalue weighted by atomic mass is 10.1. The third-order valence-corrected chi connectivity index (χ3v) is 2.32. The van der Waals surface area contributed by atoms with Crippen molar-refractivity contribution in [1.82, 2.24) is 5.32 Å². The van der Waals surface area contributed by atoms with E-state index >= 15 is 0 Å². The van der Waals surface area contributed by atoms with E-state index in [1.807, 2.05) is 0 Å². The van der Waals surface area contributed by atoms with Gasteiger partial charge in [-0.3, -0.25) is 4.79 Å². The molecule has 1 unspecified atom stereocenters. The molecule has 0 radical (unpaired) electrons. The Balaban J connectivity index is 4.82. The molecule has 7 heteroatoms. The summed E-state index contributed by atoms with van der Waals surface area (Å²) in [5.41, 5.74) is -1.39. The van der Waals surface area contributed by atoms with E-state index in [0.29, 0.717) is 0 Å². The zero-order valence-corrected chi connectivity index (χ0v) is 15.1. The van der Waals surface area contributed by atoms with Crippen LogP contribution in [-0.4, -0.2) is 41.9 Å². The minimum absolute atomic E-state index is 0.00640. The van der Waals surface area contributed by atoms with E-state index in [1.54, 1.807) is 48.5 Å². The van der Waals surface area contributed by atoms with Crippen molar-refractivity contribution in [3.8, 4) is 0 Å². The van der Waals surface area contributed by atoms with Gasteiger partial charge >= 0.3 is 18.0 Å². The van der Waals surface area contributed by atoms with Crippen LogP contribution in [0.3, 0.4) is 0 Å². The van der Waals surface area contributed by atoms with Crippen LogP contribution in [0.5, 0.6) is 0 Å². The third-order valence-electron chi connectivity index (χ3n) is 2.32. The summed E-state index contributed by atoms with van der Waals surface area (Å²) in [7, 11) is 0. The second kappa shape index (κ2) is 8.74. The second-order valence-electron chi connectivity index (χ2n) is 7.08. The number of hydrogen-bond acceptors (Lipinski definition) is 6. The Bertz CT molecular complexity index is 419. The van der Waals surface area contributed by atoms with Gasteiger partial charge in [0.15, 0.2) is 0 Å². The van der Waals surface area contributed by atoms with Crippen molar-refractivity contribution >= 4 is 18.0 Å². The second-order valence-corrected chi connectivity index (χ2v) is 7.08. The molecule has 0 aromatic rings. The number of carbonyl (C=O) groups is 3. The summed E-state index contributed by atoms with van der Waals surface area (Å²) in [6.07, 6.45) is -0.669. The maximum Gasteiger partial charge on any atom is 0.408 e. The van der Waals surface area contributed by atoms with Gasteiger partial charge in [0.1, 0.15) is 17.2 Å². The summed E-state index contributed by atoms with van der Waals surface area (Å²) >= 11 is 0. The van der Waals surface area contributed by atoms with Crippen molar-refractivity contribution in [2.24, 2.45) is 0 Å².